The molecule has 4 aromatic heterocycles. The third kappa shape index (κ3) is 4.75. The van der Waals surface area contributed by atoms with E-state index in [0.29, 0.717) is 23.4 Å². The Balaban J connectivity index is 1.09. The van der Waals surface area contributed by atoms with Gasteiger partial charge in [-0.05, 0) is 60.7 Å². The van der Waals surface area contributed by atoms with Crippen LogP contribution in [-0.2, 0) is 0 Å². The molecule has 0 bridgehead atoms. The molecule has 11 aromatic rings. The number of furan rings is 1. The Morgan fingerprint density at radius 1 is 0.396 bits per heavy atom. The largest absolute Gasteiger partial charge is 0.456 e. The fraction of sp³-hybridized carbons (Fsp3) is 0. The van der Waals surface area contributed by atoms with Crippen molar-refractivity contribution in [1.29, 1.82) is 0 Å². The molecule has 0 radical (unpaired) electrons. The van der Waals surface area contributed by atoms with Crippen molar-refractivity contribution in [1.82, 2.24) is 24.5 Å². The van der Waals surface area contributed by atoms with Crippen molar-refractivity contribution in [3.05, 3.63) is 164 Å². The van der Waals surface area contributed by atoms with Gasteiger partial charge in [-0.3, -0.25) is 0 Å². The quantitative estimate of drug-likeness (QED) is 0.180. The van der Waals surface area contributed by atoms with E-state index < -0.39 is 0 Å². The molecule has 0 aliphatic rings. The van der Waals surface area contributed by atoms with Crippen molar-refractivity contribution < 1.29 is 8.83 Å². The van der Waals surface area contributed by atoms with Crippen molar-refractivity contribution in [2.45, 2.75) is 0 Å². The van der Waals surface area contributed by atoms with Crippen LogP contribution in [0.2, 0.25) is 0 Å². The Labute approximate surface area is 302 Å². The molecule has 0 saturated carbocycles. The molecule has 0 aliphatic heterocycles. The minimum absolute atomic E-state index is 0.548. The number of nitrogens with zero attached hydrogens (tertiary/aromatic N) is 5. The molecular formula is C46H27N5O2. The van der Waals surface area contributed by atoms with E-state index >= 15 is 0 Å². The van der Waals surface area contributed by atoms with Crippen LogP contribution in [-0.4, -0.2) is 24.5 Å². The molecule has 0 unspecified atom stereocenters. The summed E-state index contributed by atoms with van der Waals surface area (Å²) in [5.41, 5.74) is 9.83. The highest BCUT2D eigenvalue weighted by Gasteiger charge is 2.20. The molecule has 7 nitrogen and oxygen atoms in total. The third-order valence-corrected chi connectivity index (χ3v) is 9.89. The maximum Gasteiger partial charge on any atom is 0.227 e. The van der Waals surface area contributed by atoms with Gasteiger partial charge in [0.05, 0.1) is 11.0 Å². The summed E-state index contributed by atoms with van der Waals surface area (Å²) in [5, 5.41) is 4.31. The Morgan fingerprint density at radius 2 is 1.06 bits per heavy atom. The first-order valence-electron chi connectivity index (χ1n) is 17.5. The number of hydrogen-bond acceptors (Lipinski definition) is 6. The van der Waals surface area contributed by atoms with E-state index in [1.165, 1.54) is 10.8 Å². The van der Waals surface area contributed by atoms with Crippen LogP contribution in [0.25, 0.3) is 106 Å². The first-order valence-corrected chi connectivity index (χ1v) is 17.5. The van der Waals surface area contributed by atoms with E-state index in [-0.39, 0.29) is 0 Å². The lowest BCUT2D eigenvalue weighted by Gasteiger charge is -2.12. The molecule has 0 aliphatic carbocycles. The van der Waals surface area contributed by atoms with Crippen molar-refractivity contribution >= 4 is 54.8 Å². The molecule has 248 valence electrons. The molecule has 0 fully saturated rings. The average Bonchev–Trinajstić information content (AvgIpc) is 3.93. The lowest BCUT2D eigenvalue weighted by molar-refractivity contribution is 0.619. The van der Waals surface area contributed by atoms with E-state index in [9.17, 15) is 0 Å². The normalized spacial score (nSPS) is 11.8. The second-order valence-corrected chi connectivity index (χ2v) is 13.1. The van der Waals surface area contributed by atoms with Gasteiger partial charge in [-0.15, -0.1) is 0 Å². The number of hydrogen-bond donors (Lipinski definition) is 0. The Hall–Kier alpha value is -7.38. The van der Waals surface area contributed by atoms with Gasteiger partial charge in [-0.25, -0.2) is 19.9 Å². The zero-order valence-electron chi connectivity index (χ0n) is 28.1. The summed E-state index contributed by atoms with van der Waals surface area (Å²) >= 11 is 0. The summed E-state index contributed by atoms with van der Waals surface area (Å²) < 4.78 is 14.8. The SMILES string of the molecule is c1ccc(-c2nc(-c3cccc(-n4c5ccccc5c5ccccc54)c3)nc(-c3cccc4oc5cc(-c6nc7ccccc7o6)ccc5c34)n2)cc1. The molecule has 53 heavy (non-hydrogen) atoms. The van der Waals surface area contributed by atoms with Crippen LogP contribution in [0.15, 0.2) is 173 Å². The first kappa shape index (κ1) is 29.4. The third-order valence-electron chi connectivity index (χ3n) is 9.89. The molecule has 0 amide bonds. The highest BCUT2D eigenvalue weighted by molar-refractivity contribution is 6.12. The zero-order valence-corrected chi connectivity index (χ0v) is 28.1. The van der Waals surface area contributed by atoms with E-state index in [1.54, 1.807) is 0 Å². The summed E-state index contributed by atoms with van der Waals surface area (Å²) in [4.78, 5) is 20.0. The van der Waals surface area contributed by atoms with Gasteiger partial charge in [0.2, 0.25) is 5.89 Å². The molecule has 0 N–H and O–H groups in total. The second kappa shape index (κ2) is 11.6. The summed E-state index contributed by atoms with van der Waals surface area (Å²) in [6.07, 6.45) is 0. The average molecular weight is 682 g/mol. The maximum atomic E-state index is 6.46. The van der Waals surface area contributed by atoms with Gasteiger partial charge in [-0.1, -0.05) is 103 Å². The van der Waals surface area contributed by atoms with Gasteiger partial charge in [0.1, 0.15) is 16.7 Å². The number of oxazole rings is 1. The van der Waals surface area contributed by atoms with E-state index in [0.717, 1.165) is 72.0 Å². The molecule has 11 rings (SSSR count). The fourth-order valence-corrected chi connectivity index (χ4v) is 7.47. The molecule has 0 spiro atoms. The summed E-state index contributed by atoms with van der Waals surface area (Å²) in [6.45, 7) is 0. The van der Waals surface area contributed by atoms with Gasteiger partial charge in [0.25, 0.3) is 0 Å². The molecule has 0 atom stereocenters. The maximum absolute atomic E-state index is 6.46. The molecule has 7 heteroatoms. The predicted molar refractivity (Wildman–Crippen MR) is 211 cm³/mol. The number of benzene rings is 7. The van der Waals surface area contributed by atoms with E-state index in [4.69, 9.17) is 28.8 Å². The summed E-state index contributed by atoms with van der Waals surface area (Å²) in [6, 6.07) is 55.4. The molecular weight excluding hydrogens is 655 g/mol. The second-order valence-electron chi connectivity index (χ2n) is 13.1. The monoisotopic (exact) mass is 681 g/mol. The smallest absolute Gasteiger partial charge is 0.227 e. The Kier molecular flexibility index (Phi) is 6.42. The first-order chi connectivity index (χ1) is 26.2. The Bertz CT molecular complexity index is 3110. The standard InChI is InChI=1S/C46H27N5O2/c1-2-12-28(13-3-1)43-48-44(29-14-10-15-31(26-29)51-37-20-7-4-16-32(37)33-17-5-8-21-38(33)51)50-45(49-43)35-18-11-23-40-42(35)34-25-24-30(27-41(34)52-40)46-47-36-19-6-9-22-39(36)53-46/h1-27H. The van der Waals surface area contributed by atoms with Gasteiger partial charge in [0, 0.05) is 49.5 Å². The van der Waals surface area contributed by atoms with Crippen LogP contribution in [0.1, 0.15) is 0 Å². The number of fused-ring (bicyclic) bond motifs is 7. The van der Waals surface area contributed by atoms with Crippen LogP contribution >= 0.6 is 0 Å². The van der Waals surface area contributed by atoms with Gasteiger partial charge in [-0.2, -0.15) is 0 Å². The molecule has 0 saturated heterocycles. The summed E-state index contributed by atoms with van der Waals surface area (Å²) in [7, 11) is 0. The highest BCUT2D eigenvalue weighted by Crippen LogP contribution is 2.39. The van der Waals surface area contributed by atoms with Gasteiger partial charge >= 0.3 is 0 Å². The van der Waals surface area contributed by atoms with Crippen molar-refractivity contribution in [2.75, 3.05) is 0 Å². The molecule has 4 heterocycles. The van der Waals surface area contributed by atoms with Crippen LogP contribution in [0, 0.1) is 0 Å². The fourth-order valence-electron chi connectivity index (χ4n) is 7.47. The highest BCUT2D eigenvalue weighted by atomic mass is 16.3. The van der Waals surface area contributed by atoms with Crippen LogP contribution in [0.3, 0.4) is 0 Å². The van der Waals surface area contributed by atoms with Crippen LogP contribution in [0.4, 0.5) is 0 Å². The van der Waals surface area contributed by atoms with Crippen LogP contribution < -0.4 is 0 Å². The minimum atomic E-state index is 0.548. The van der Waals surface area contributed by atoms with Crippen molar-refractivity contribution in [3.8, 4) is 51.3 Å². The zero-order chi connectivity index (χ0) is 34.9. The van der Waals surface area contributed by atoms with E-state index in [2.05, 4.69) is 89.5 Å². The predicted octanol–water partition coefficient (Wildman–Crippen LogP) is 11.7. The van der Waals surface area contributed by atoms with E-state index in [1.807, 2.05) is 78.9 Å². The van der Waals surface area contributed by atoms with Crippen molar-refractivity contribution in [3.63, 3.8) is 0 Å². The number of para-hydroxylation sites is 4. The van der Waals surface area contributed by atoms with Gasteiger partial charge in [0.15, 0.2) is 23.1 Å². The minimum Gasteiger partial charge on any atom is -0.456 e. The Morgan fingerprint density at radius 3 is 1.87 bits per heavy atom. The topological polar surface area (TPSA) is 82.8 Å². The molecule has 7 aromatic carbocycles. The van der Waals surface area contributed by atoms with Crippen LogP contribution in [0.5, 0.6) is 0 Å². The number of rotatable bonds is 5. The lowest BCUT2D eigenvalue weighted by Crippen LogP contribution is -2.01. The summed E-state index contributed by atoms with van der Waals surface area (Å²) in [5.74, 6) is 2.29. The van der Waals surface area contributed by atoms with Crippen molar-refractivity contribution in [2.24, 2.45) is 0 Å². The number of aromatic nitrogens is 5. The lowest BCUT2D eigenvalue weighted by atomic mass is 10.0. The van der Waals surface area contributed by atoms with Gasteiger partial charge < -0.3 is 13.4 Å².